The van der Waals surface area contributed by atoms with Gasteiger partial charge in [0.15, 0.2) is 0 Å². The third kappa shape index (κ3) is 4.31. The Labute approximate surface area is 121 Å². The van der Waals surface area contributed by atoms with Crippen LogP contribution in [0.4, 0.5) is 13.2 Å². The van der Waals surface area contributed by atoms with Crippen LogP contribution in [-0.4, -0.2) is 12.1 Å². The highest BCUT2D eigenvalue weighted by Crippen LogP contribution is 2.31. The number of hydrazone groups is 1. The monoisotopic (exact) mass is 298 g/mol. The van der Waals surface area contributed by atoms with Crippen molar-refractivity contribution in [2.24, 2.45) is 11.0 Å². The zero-order valence-electron chi connectivity index (χ0n) is 11.5. The first-order valence-electron chi connectivity index (χ1n) is 6.97. The second-order valence-corrected chi connectivity index (χ2v) is 5.15. The SMILES string of the molecule is O=C(NN=Cc1ccccc1C(F)(F)F)C1CCCCC1. The molecular weight excluding hydrogens is 281 g/mol. The standard InChI is InChI=1S/C15H17F3N2O/c16-15(17,18)13-9-5-4-8-12(13)10-19-20-14(21)11-6-2-1-3-7-11/h4-5,8-11H,1-3,6-7H2,(H,20,21). The zero-order chi connectivity index (χ0) is 15.3. The fourth-order valence-corrected chi connectivity index (χ4v) is 2.49. The lowest BCUT2D eigenvalue weighted by molar-refractivity contribution is -0.137. The molecule has 0 unspecified atom stereocenters. The minimum absolute atomic E-state index is 0.0612. The summed E-state index contributed by atoms with van der Waals surface area (Å²) in [4.78, 5) is 11.8. The fourth-order valence-electron chi connectivity index (χ4n) is 2.49. The van der Waals surface area contributed by atoms with E-state index in [0.29, 0.717) is 0 Å². The Hall–Kier alpha value is -1.85. The first-order chi connectivity index (χ1) is 9.98. The molecule has 6 heteroatoms. The first-order valence-corrected chi connectivity index (χ1v) is 6.97. The Bertz CT molecular complexity index is 520. The normalized spacial score (nSPS) is 17.1. The molecule has 1 aromatic rings. The lowest BCUT2D eigenvalue weighted by Crippen LogP contribution is -2.28. The predicted molar refractivity (Wildman–Crippen MR) is 73.8 cm³/mol. The molecule has 1 N–H and O–H groups in total. The smallest absolute Gasteiger partial charge is 0.273 e. The number of alkyl halides is 3. The minimum Gasteiger partial charge on any atom is -0.273 e. The summed E-state index contributed by atoms with van der Waals surface area (Å²) in [6.45, 7) is 0. The van der Waals surface area contributed by atoms with Crippen LogP contribution in [0.25, 0.3) is 0 Å². The molecule has 0 bridgehead atoms. The van der Waals surface area contributed by atoms with E-state index in [1.165, 1.54) is 18.2 Å². The number of halogens is 3. The molecular formula is C15H17F3N2O. The minimum atomic E-state index is -4.43. The van der Waals surface area contributed by atoms with E-state index in [1.807, 2.05) is 0 Å². The molecule has 0 heterocycles. The van der Waals surface area contributed by atoms with Gasteiger partial charge in [0.1, 0.15) is 0 Å². The molecule has 21 heavy (non-hydrogen) atoms. The highest BCUT2D eigenvalue weighted by Gasteiger charge is 2.32. The third-order valence-electron chi connectivity index (χ3n) is 3.62. The van der Waals surface area contributed by atoms with Gasteiger partial charge in [0.05, 0.1) is 11.8 Å². The molecule has 0 aliphatic heterocycles. The molecule has 0 spiro atoms. The highest BCUT2D eigenvalue weighted by atomic mass is 19.4. The van der Waals surface area contributed by atoms with Crippen LogP contribution in [0.3, 0.4) is 0 Å². The molecule has 0 aromatic heterocycles. The van der Waals surface area contributed by atoms with Crippen LogP contribution in [0.5, 0.6) is 0 Å². The number of amides is 1. The average molecular weight is 298 g/mol. The van der Waals surface area contributed by atoms with Gasteiger partial charge in [0.25, 0.3) is 0 Å². The maximum absolute atomic E-state index is 12.8. The average Bonchev–Trinajstić information content (AvgIpc) is 2.47. The fraction of sp³-hybridized carbons (Fsp3) is 0.467. The second kappa shape index (κ2) is 6.74. The lowest BCUT2D eigenvalue weighted by Gasteiger charge is -2.19. The molecule has 3 nitrogen and oxygen atoms in total. The van der Waals surface area contributed by atoms with E-state index < -0.39 is 11.7 Å². The number of carbonyl (C=O) groups excluding carboxylic acids is 1. The van der Waals surface area contributed by atoms with Gasteiger partial charge in [-0.25, -0.2) is 5.43 Å². The molecule has 1 saturated carbocycles. The van der Waals surface area contributed by atoms with Crippen LogP contribution in [0, 0.1) is 5.92 Å². The first kappa shape index (κ1) is 15.5. The van der Waals surface area contributed by atoms with E-state index in [9.17, 15) is 18.0 Å². The van der Waals surface area contributed by atoms with E-state index >= 15 is 0 Å². The van der Waals surface area contributed by atoms with Gasteiger partial charge >= 0.3 is 6.18 Å². The number of nitrogens with one attached hydrogen (secondary N) is 1. The summed E-state index contributed by atoms with van der Waals surface area (Å²) >= 11 is 0. The maximum atomic E-state index is 12.8. The molecule has 2 rings (SSSR count). The van der Waals surface area contributed by atoms with Crippen molar-refractivity contribution in [1.82, 2.24) is 5.43 Å². The van der Waals surface area contributed by atoms with Crippen LogP contribution in [0.2, 0.25) is 0 Å². The Kier molecular flexibility index (Phi) is 4.98. The topological polar surface area (TPSA) is 41.5 Å². The molecule has 114 valence electrons. The number of nitrogens with zero attached hydrogens (tertiary/aromatic N) is 1. The van der Waals surface area contributed by atoms with Crippen molar-refractivity contribution in [2.75, 3.05) is 0 Å². The Morgan fingerprint density at radius 1 is 1.19 bits per heavy atom. The van der Waals surface area contributed by atoms with Gasteiger partial charge in [0, 0.05) is 11.5 Å². The molecule has 1 aliphatic carbocycles. The van der Waals surface area contributed by atoms with E-state index in [-0.39, 0.29) is 17.4 Å². The lowest BCUT2D eigenvalue weighted by atomic mass is 9.89. The molecule has 1 amide bonds. The molecule has 1 aromatic carbocycles. The van der Waals surface area contributed by atoms with Gasteiger partial charge < -0.3 is 0 Å². The van der Waals surface area contributed by atoms with E-state index in [0.717, 1.165) is 44.4 Å². The number of carbonyl (C=O) groups is 1. The summed E-state index contributed by atoms with van der Waals surface area (Å²) in [7, 11) is 0. The van der Waals surface area contributed by atoms with Gasteiger partial charge in [0.2, 0.25) is 5.91 Å². The van der Waals surface area contributed by atoms with Gasteiger partial charge in [-0.2, -0.15) is 18.3 Å². The summed E-state index contributed by atoms with van der Waals surface area (Å²) < 4.78 is 38.3. The summed E-state index contributed by atoms with van der Waals surface area (Å²) in [5, 5.41) is 3.67. The predicted octanol–water partition coefficient (Wildman–Crippen LogP) is 3.74. The van der Waals surface area contributed by atoms with Crippen molar-refractivity contribution in [2.45, 2.75) is 38.3 Å². The van der Waals surface area contributed by atoms with Gasteiger partial charge in [-0.3, -0.25) is 4.79 Å². The van der Waals surface area contributed by atoms with Crippen LogP contribution in [0.1, 0.15) is 43.2 Å². The van der Waals surface area contributed by atoms with Crippen molar-refractivity contribution in [3.05, 3.63) is 35.4 Å². The second-order valence-electron chi connectivity index (χ2n) is 5.15. The summed E-state index contributed by atoms with van der Waals surface area (Å²) in [5.41, 5.74) is 1.52. The molecule has 0 saturated heterocycles. The summed E-state index contributed by atoms with van der Waals surface area (Å²) in [6, 6.07) is 5.13. The van der Waals surface area contributed by atoms with Crippen molar-refractivity contribution in [3.8, 4) is 0 Å². The summed E-state index contributed by atoms with van der Waals surface area (Å²) in [6.07, 6.45) is 1.41. The largest absolute Gasteiger partial charge is 0.417 e. The quantitative estimate of drug-likeness (QED) is 0.670. The molecule has 1 aliphatic rings. The molecule has 0 radical (unpaired) electrons. The maximum Gasteiger partial charge on any atom is 0.417 e. The number of hydrogen-bond donors (Lipinski definition) is 1. The van der Waals surface area contributed by atoms with Crippen molar-refractivity contribution >= 4 is 12.1 Å². The van der Waals surface area contributed by atoms with E-state index in [1.54, 1.807) is 0 Å². The number of hydrogen-bond acceptors (Lipinski definition) is 2. The van der Waals surface area contributed by atoms with Crippen LogP contribution in [0.15, 0.2) is 29.4 Å². The van der Waals surface area contributed by atoms with Gasteiger partial charge in [-0.1, -0.05) is 37.5 Å². The van der Waals surface area contributed by atoms with Gasteiger partial charge in [-0.15, -0.1) is 0 Å². The Morgan fingerprint density at radius 2 is 1.86 bits per heavy atom. The Morgan fingerprint density at radius 3 is 2.52 bits per heavy atom. The van der Waals surface area contributed by atoms with Gasteiger partial charge in [-0.05, 0) is 18.9 Å². The van der Waals surface area contributed by atoms with E-state index in [2.05, 4.69) is 10.5 Å². The van der Waals surface area contributed by atoms with Crippen LogP contribution in [-0.2, 0) is 11.0 Å². The van der Waals surface area contributed by atoms with Crippen molar-refractivity contribution < 1.29 is 18.0 Å². The van der Waals surface area contributed by atoms with Crippen molar-refractivity contribution in [3.63, 3.8) is 0 Å². The molecule has 0 atom stereocenters. The van der Waals surface area contributed by atoms with E-state index in [4.69, 9.17) is 0 Å². The van der Waals surface area contributed by atoms with Crippen LogP contribution < -0.4 is 5.43 Å². The zero-order valence-corrected chi connectivity index (χ0v) is 11.5. The summed E-state index contributed by atoms with van der Waals surface area (Å²) in [5.74, 6) is -0.288. The number of rotatable bonds is 3. The number of benzene rings is 1. The third-order valence-corrected chi connectivity index (χ3v) is 3.62. The Balaban J connectivity index is 2.00. The van der Waals surface area contributed by atoms with Crippen molar-refractivity contribution in [1.29, 1.82) is 0 Å². The van der Waals surface area contributed by atoms with Crippen LogP contribution >= 0.6 is 0 Å². The highest BCUT2D eigenvalue weighted by molar-refractivity contribution is 5.84. The molecule has 1 fully saturated rings.